The number of hydrogen-bond donors (Lipinski definition) is 2. The second-order valence-electron chi connectivity index (χ2n) is 2.68. The van der Waals surface area contributed by atoms with Gasteiger partial charge in [0.1, 0.15) is 5.60 Å². The molecule has 9 heavy (non-hydrogen) atoms. The van der Waals surface area contributed by atoms with E-state index in [-0.39, 0.29) is 0 Å². The number of aliphatic hydroxyl groups is 2. The third-order valence-corrected chi connectivity index (χ3v) is 1.63. The zero-order valence-corrected chi connectivity index (χ0v) is 5.50. The molecule has 0 radical (unpaired) electrons. The molecule has 0 bridgehead atoms. The molecule has 3 nitrogen and oxygen atoms in total. The Morgan fingerprint density at radius 1 is 1.67 bits per heavy atom. The molecule has 3 heteroatoms. The van der Waals surface area contributed by atoms with Gasteiger partial charge in [0.25, 0.3) is 0 Å². The first-order valence-corrected chi connectivity index (χ1v) is 3.15. The first-order chi connectivity index (χ1) is 4.13. The molecule has 1 rings (SSSR count). The zero-order chi connectivity index (χ0) is 6.91. The van der Waals surface area contributed by atoms with E-state index in [1.54, 1.807) is 6.92 Å². The molecule has 0 amide bonds. The minimum Gasteiger partial charge on any atom is -0.385 e. The van der Waals surface area contributed by atoms with Crippen LogP contribution in [0.25, 0.3) is 0 Å². The minimum atomic E-state index is -1.03. The summed E-state index contributed by atoms with van der Waals surface area (Å²) in [6.07, 6.45) is 0.448. The van der Waals surface area contributed by atoms with Crippen LogP contribution in [0.3, 0.4) is 0 Å². The van der Waals surface area contributed by atoms with E-state index in [4.69, 9.17) is 9.84 Å². The molecule has 1 aliphatic rings. The molecule has 2 unspecified atom stereocenters. The van der Waals surface area contributed by atoms with Gasteiger partial charge in [0.05, 0.1) is 0 Å². The highest BCUT2D eigenvalue weighted by molar-refractivity contribution is 4.78. The zero-order valence-electron chi connectivity index (χ0n) is 5.50. The third-order valence-electron chi connectivity index (χ3n) is 1.63. The summed E-state index contributed by atoms with van der Waals surface area (Å²) in [5, 5.41) is 18.2. The van der Waals surface area contributed by atoms with Gasteiger partial charge in [-0.2, -0.15) is 0 Å². The lowest BCUT2D eigenvalue weighted by Crippen LogP contribution is -2.44. The van der Waals surface area contributed by atoms with Gasteiger partial charge >= 0.3 is 0 Å². The summed E-state index contributed by atoms with van der Waals surface area (Å²) in [5.74, 6) is 0. The third kappa shape index (κ3) is 1.41. The van der Waals surface area contributed by atoms with Crippen LogP contribution in [0.2, 0.25) is 0 Å². The molecule has 1 saturated heterocycles. The largest absolute Gasteiger partial charge is 0.385 e. The summed E-state index contributed by atoms with van der Waals surface area (Å²) < 4.78 is 4.80. The summed E-state index contributed by atoms with van der Waals surface area (Å²) in [7, 11) is 0. The Morgan fingerprint density at radius 3 is 2.67 bits per heavy atom. The van der Waals surface area contributed by atoms with Crippen molar-refractivity contribution < 1.29 is 14.9 Å². The van der Waals surface area contributed by atoms with Crippen molar-refractivity contribution in [2.24, 2.45) is 0 Å². The van der Waals surface area contributed by atoms with Crippen molar-refractivity contribution in [2.75, 3.05) is 6.61 Å². The Kier molecular flexibility index (Phi) is 1.75. The van der Waals surface area contributed by atoms with Gasteiger partial charge in [-0.05, 0) is 19.8 Å². The Hall–Kier alpha value is -0.120. The molecule has 2 N–H and O–H groups in total. The summed E-state index contributed by atoms with van der Waals surface area (Å²) >= 11 is 0. The van der Waals surface area contributed by atoms with Crippen LogP contribution in [0.15, 0.2) is 0 Å². The summed E-state index contributed by atoms with van der Waals surface area (Å²) in [6, 6.07) is 0. The highest BCUT2D eigenvalue weighted by Crippen LogP contribution is 2.22. The molecule has 54 valence electrons. The fourth-order valence-corrected chi connectivity index (χ4v) is 0.928. The molecule has 2 atom stereocenters. The Labute approximate surface area is 54.3 Å². The summed E-state index contributed by atoms with van der Waals surface area (Å²) in [4.78, 5) is 0. The van der Waals surface area contributed by atoms with Crippen LogP contribution in [0, 0.1) is 0 Å². The molecule has 1 fully saturated rings. The molecular weight excluding hydrogens is 120 g/mol. The minimum absolute atomic E-state index is 0.553. The van der Waals surface area contributed by atoms with Gasteiger partial charge in [-0.3, -0.25) is 0 Å². The average molecular weight is 132 g/mol. The summed E-state index contributed by atoms with van der Waals surface area (Å²) in [6.45, 7) is 2.13. The van der Waals surface area contributed by atoms with Gasteiger partial charge in [-0.1, -0.05) is 0 Å². The van der Waals surface area contributed by atoms with E-state index < -0.39 is 11.9 Å². The molecule has 0 spiro atoms. The molecule has 1 heterocycles. The predicted octanol–water partition coefficient (Wildman–Crippen LogP) is -0.134. The molecule has 0 aromatic heterocycles. The fourth-order valence-electron chi connectivity index (χ4n) is 0.928. The van der Waals surface area contributed by atoms with Crippen molar-refractivity contribution in [3.05, 3.63) is 0 Å². The van der Waals surface area contributed by atoms with E-state index in [2.05, 4.69) is 0 Å². The van der Waals surface area contributed by atoms with E-state index in [0.29, 0.717) is 13.0 Å². The van der Waals surface area contributed by atoms with Crippen molar-refractivity contribution >= 4 is 0 Å². The van der Waals surface area contributed by atoms with Gasteiger partial charge in [0.15, 0.2) is 6.29 Å². The molecule has 0 aliphatic carbocycles. The van der Waals surface area contributed by atoms with Crippen LogP contribution in [0.5, 0.6) is 0 Å². The van der Waals surface area contributed by atoms with E-state index in [9.17, 15) is 5.11 Å². The SMILES string of the molecule is CC1(O)CCCOC1O. The average Bonchev–Trinajstić information content (AvgIpc) is 1.77. The van der Waals surface area contributed by atoms with Crippen LogP contribution in [0.1, 0.15) is 19.8 Å². The molecule has 0 aromatic rings. The number of rotatable bonds is 0. The molecular formula is C6H12O3. The van der Waals surface area contributed by atoms with E-state index >= 15 is 0 Å². The predicted molar refractivity (Wildman–Crippen MR) is 31.8 cm³/mol. The maximum absolute atomic E-state index is 9.27. The first kappa shape index (κ1) is 6.99. The van der Waals surface area contributed by atoms with Crippen molar-refractivity contribution in [3.8, 4) is 0 Å². The van der Waals surface area contributed by atoms with Crippen LogP contribution in [-0.4, -0.2) is 28.7 Å². The Morgan fingerprint density at radius 2 is 2.33 bits per heavy atom. The van der Waals surface area contributed by atoms with Crippen molar-refractivity contribution in [3.63, 3.8) is 0 Å². The van der Waals surface area contributed by atoms with Crippen LogP contribution in [-0.2, 0) is 4.74 Å². The lowest BCUT2D eigenvalue weighted by molar-refractivity contribution is -0.230. The van der Waals surface area contributed by atoms with Gasteiger partial charge in [0.2, 0.25) is 0 Å². The fraction of sp³-hybridized carbons (Fsp3) is 1.00. The van der Waals surface area contributed by atoms with Gasteiger partial charge in [0, 0.05) is 6.61 Å². The summed E-state index contributed by atoms with van der Waals surface area (Å²) in [5.41, 5.74) is -1.03. The topological polar surface area (TPSA) is 49.7 Å². The van der Waals surface area contributed by atoms with Crippen molar-refractivity contribution in [1.82, 2.24) is 0 Å². The normalized spacial score (nSPS) is 45.0. The van der Waals surface area contributed by atoms with E-state index in [1.807, 2.05) is 0 Å². The number of ether oxygens (including phenoxy) is 1. The maximum atomic E-state index is 9.27. The van der Waals surface area contributed by atoms with E-state index in [1.165, 1.54) is 0 Å². The first-order valence-electron chi connectivity index (χ1n) is 3.15. The quantitative estimate of drug-likeness (QED) is 0.482. The molecule has 1 aliphatic heterocycles. The van der Waals surface area contributed by atoms with E-state index in [0.717, 1.165) is 6.42 Å². The maximum Gasteiger partial charge on any atom is 0.183 e. The Bertz CT molecular complexity index is 100. The molecule has 0 aromatic carbocycles. The van der Waals surface area contributed by atoms with Crippen LogP contribution < -0.4 is 0 Å². The lowest BCUT2D eigenvalue weighted by Gasteiger charge is -2.32. The van der Waals surface area contributed by atoms with Crippen molar-refractivity contribution in [2.45, 2.75) is 31.7 Å². The number of hydrogen-bond acceptors (Lipinski definition) is 3. The van der Waals surface area contributed by atoms with Gasteiger partial charge in [-0.15, -0.1) is 0 Å². The number of aliphatic hydroxyl groups excluding tert-OH is 1. The lowest BCUT2D eigenvalue weighted by atomic mass is 9.98. The monoisotopic (exact) mass is 132 g/mol. The standard InChI is InChI=1S/C6H12O3/c1-6(8)3-2-4-9-5(6)7/h5,7-8H,2-4H2,1H3. The van der Waals surface area contributed by atoms with Gasteiger partial charge < -0.3 is 14.9 Å². The van der Waals surface area contributed by atoms with Crippen LogP contribution >= 0.6 is 0 Å². The van der Waals surface area contributed by atoms with Gasteiger partial charge in [-0.25, -0.2) is 0 Å². The second-order valence-corrected chi connectivity index (χ2v) is 2.68. The second kappa shape index (κ2) is 2.25. The highest BCUT2D eigenvalue weighted by atomic mass is 16.6. The highest BCUT2D eigenvalue weighted by Gasteiger charge is 2.33. The Balaban J connectivity index is 2.49. The molecule has 0 saturated carbocycles. The smallest absolute Gasteiger partial charge is 0.183 e. The van der Waals surface area contributed by atoms with Crippen LogP contribution in [0.4, 0.5) is 0 Å². The van der Waals surface area contributed by atoms with Crippen molar-refractivity contribution in [1.29, 1.82) is 0 Å².